The lowest BCUT2D eigenvalue weighted by atomic mass is 10.1. The molecule has 0 aliphatic carbocycles. The van der Waals surface area contributed by atoms with Gasteiger partial charge in [0.25, 0.3) is 0 Å². The molecule has 29 heavy (non-hydrogen) atoms. The maximum absolute atomic E-state index is 12.7. The number of carbonyl (C=O) groups is 1. The van der Waals surface area contributed by atoms with Crippen molar-refractivity contribution in [2.24, 2.45) is 0 Å². The lowest BCUT2D eigenvalue weighted by Gasteiger charge is -2.36. The summed E-state index contributed by atoms with van der Waals surface area (Å²) in [6.45, 7) is 4.39. The third-order valence-electron chi connectivity index (χ3n) is 5.16. The van der Waals surface area contributed by atoms with Crippen molar-refractivity contribution >= 4 is 21.8 Å². The Balaban J connectivity index is 1.58. The fourth-order valence-electron chi connectivity index (χ4n) is 3.42. The number of nitrogens with one attached hydrogen (secondary N) is 1. The molecule has 6 nitrogen and oxygen atoms in total. The Kier molecular flexibility index (Phi) is 7.52. The Morgan fingerprint density at radius 1 is 1.24 bits per heavy atom. The number of rotatable bonds is 7. The largest absolute Gasteiger partial charge is 0.493 e. The van der Waals surface area contributed by atoms with Gasteiger partial charge >= 0.3 is 0 Å². The first-order chi connectivity index (χ1) is 14.0. The van der Waals surface area contributed by atoms with Crippen LogP contribution in [0.4, 0.5) is 0 Å². The SMILES string of the molecule is COc1ccc(CNC(=O)C(C)N2CCOC(c3cccc(Br)c3)C2)cc1OC. The van der Waals surface area contributed by atoms with Gasteiger partial charge < -0.3 is 19.5 Å². The van der Waals surface area contributed by atoms with E-state index in [1.165, 1.54) is 0 Å². The summed E-state index contributed by atoms with van der Waals surface area (Å²) in [4.78, 5) is 14.9. The lowest BCUT2D eigenvalue weighted by Crippen LogP contribution is -2.50. The summed E-state index contributed by atoms with van der Waals surface area (Å²) in [5.74, 6) is 1.31. The number of nitrogens with zero attached hydrogens (tertiary/aromatic N) is 1. The van der Waals surface area contributed by atoms with E-state index in [1.807, 2.05) is 37.3 Å². The van der Waals surface area contributed by atoms with Crippen molar-refractivity contribution in [1.29, 1.82) is 0 Å². The highest BCUT2D eigenvalue weighted by atomic mass is 79.9. The lowest BCUT2D eigenvalue weighted by molar-refractivity contribution is -0.129. The first-order valence-corrected chi connectivity index (χ1v) is 10.4. The van der Waals surface area contributed by atoms with Crippen LogP contribution >= 0.6 is 15.9 Å². The number of amides is 1. The monoisotopic (exact) mass is 462 g/mol. The third-order valence-corrected chi connectivity index (χ3v) is 5.65. The molecule has 3 rings (SSSR count). The van der Waals surface area contributed by atoms with Crippen LogP contribution in [0.15, 0.2) is 46.9 Å². The van der Waals surface area contributed by atoms with E-state index in [1.54, 1.807) is 14.2 Å². The van der Waals surface area contributed by atoms with E-state index >= 15 is 0 Å². The Hall–Kier alpha value is -2.09. The van der Waals surface area contributed by atoms with Gasteiger partial charge in [-0.3, -0.25) is 9.69 Å². The second-order valence-electron chi connectivity index (χ2n) is 6.99. The minimum absolute atomic E-state index is 0.00493. The van der Waals surface area contributed by atoms with Crippen LogP contribution in [0.25, 0.3) is 0 Å². The maximum Gasteiger partial charge on any atom is 0.237 e. The predicted molar refractivity (Wildman–Crippen MR) is 115 cm³/mol. The molecule has 2 unspecified atom stereocenters. The summed E-state index contributed by atoms with van der Waals surface area (Å²) in [7, 11) is 3.20. The van der Waals surface area contributed by atoms with Crippen molar-refractivity contribution in [2.75, 3.05) is 33.9 Å². The maximum atomic E-state index is 12.7. The van der Waals surface area contributed by atoms with Crippen LogP contribution in [0.2, 0.25) is 0 Å². The van der Waals surface area contributed by atoms with Gasteiger partial charge in [0.05, 0.1) is 33.0 Å². The van der Waals surface area contributed by atoms with Crippen LogP contribution < -0.4 is 14.8 Å². The van der Waals surface area contributed by atoms with Gasteiger partial charge in [-0.15, -0.1) is 0 Å². The fourth-order valence-corrected chi connectivity index (χ4v) is 3.84. The highest BCUT2D eigenvalue weighted by Gasteiger charge is 2.28. The second-order valence-corrected chi connectivity index (χ2v) is 7.91. The fraction of sp³-hybridized carbons (Fsp3) is 0.409. The van der Waals surface area contributed by atoms with E-state index in [4.69, 9.17) is 14.2 Å². The number of halogens is 1. The van der Waals surface area contributed by atoms with E-state index in [9.17, 15) is 4.79 Å². The molecule has 1 heterocycles. The molecule has 1 aliphatic rings. The van der Waals surface area contributed by atoms with Gasteiger partial charge in [0.1, 0.15) is 0 Å². The van der Waals surface area contributed by atoms with E-state index < -0.39 is 0 Å². The van der Waals surface area contributed by atoms with Crippen molar-refractivity contribution in [1.82, 2.24) is 10.2 Å². The molecule has 1 aliphatic heterocycles. The highest BCUT2D eigenvalue weighted by Crippen LogP contribution is 2.28. The van der Waals surface area contributed by atoms with Crippen LogP contribution in [-0.2, 0) is 16.1 Å². The van der Waals surface area contributed by atoms with Crippen LogP contribution in [0, 0.1) is 0 Å². The molecule has 156 valence electrons. The highest BCUT2D eigenvalue weighted by molar-refractivity contribution is 9.10. The average molecular weight is 463 g/mol. The number of hydrogen-bond donors (Lipinski definition) is 1. The summed E-state index contributed by atoms with van der Waals surface area (Å²) in [6.07, 6.45) is -0.0395. The molecule has 1 amide bonds. The first-order valence-electron chi connectivity index (χ1n) is 9.61. The van der Waals surface area contributed by atoms with Crippen LogP contribution in [-0.4, -0.2) is 50.8 Å². The molecule has 2 atom stereocenters. The molecule has 0 spiro atoms. The van der Waals surface area contributed by atoms with Gasteiger partial charge in [-0.2, -0.15) is 0 Å². The zero-order valence-corrected chi connectivity index (χ0v) is 18.6. The molecule has 1 N–H and O–H groups in total. The molecule has 7 heteroatoms. The minimum Gasteiger partial charge on any atom is -0.493 e. The van der Waals surface area contributed by atoms with E-state index in [2.05, 4.69) is 38.3 Å². The Bertz CT molecular complexity index is 845. The quantitative estimate of drug-likeness (QED) is 0.681. The molecule has 0 bridgehead atoms. The van der Waals surface area contributed by atoms with Crippen LogP contribution in [0.5, 0.6) is 11.5 Å². The van der Waals surface area contributed by atoms with E-state index in [0.29, 0.717) is 31.2 Å². The molecular weight excluding hydrogens is 436 g/mol. The predicted octanol–water partition coefficient (Wildman–Crippen LogP) is 3.54. The van der Waals surface area contributed by atoms with Gasteiger partial charge in [-0.1, -0.05) is 34.1 Å². The number of morpholine rings is 1. The van der Waals surface area contributed by atoms with Gasteiger partial charge in [0, 0.05) is 24.1 Å². The van der Waals surface area contributed by atoms with E-state index in [-0.39, 0.29) is 18.1 Å². The number of hydrogen-bond acceptors (Lipinski definition) is 5. The molecule has 1 fully saturated rings. The molecule has 0 aromatic heterocycles. The van der Waals surface area contributed by atoms with Gasteiger partial charge in [0.15, 0.2) is 11.5 Å². The second kappa shape index (κ2) is 10.1. The summed E-state index contributed by atoms with van der Waals surface area (Å²) in [6, 6.07) is 13.5. The molecule has 2 aromatic carbocycles. The number of ether oxygens (including phenoxy) is 3. The normalized spacial score (nSPS) is 18.1. The number of methoxy groups -OCH3 is 2. The summed E-state index contributed by atoms with van der Waals surface area (Å²) < 4.78 is 17.5. The standard InChI is InChI=1S/C22H27BrN2O4/c1-15(22(26)24-13-16-7-8-19(27-2)20(11-16)28-3)25-9-10-29-21(14-25)17-5-4-6-18(23)12-17/h4-8,11-12,15,21H,9-10,13-14H2,1-3H3,(H,24,26). The zero-order valence-electron chi connectivity index (χ0n) is 17.0. The molecule has 2 aromatic rings. The minimum atomic E-state index is -0.242. The molecular formula is C22H27BrN2O4. The third kappa shape index (κ3) is 5.50. The van der Waals surface area contributed by atoms with Crippen molar-refractivity contribution in [2.45, 2.75) is 25.6 Å². The molecule has 0 saturated carbocycles. The van der Waals surface area contributed by atoms with Crippen LogP contribution in [0.3, 0.4) is 0 Å². The average Bonchev–Trinajstić information content (AvgIpc) is 2.76. The smallest absolute Gasteiger partial charge is 0.237 e. The van der Waals surface area contributed by atoms with E-state index in [0.717, 1.165) is 22.1 Å². The van der Waals surface area contributed by atoms with Crippen molar-refractivity contribution in [3.63, 3.8) is 0 Å². The van der Waals surface area contributed by atoms with Crippen molar-refractivity contribution in [3.8, 4) is 11.5 Å². The van der Waals surface area contributed by atoms with Crippen molar-refractivity contribution < 1.29 is 19.0 Å². The molecule has 1 saturated heterocycles. The first kappa shape index (κ1) is 21.6. The topological polar surface area (TPSA) is 60.0 Å². The Morgan fingerprint density at radius 2 is 2.03 bits per heavy atom. The Morgan fingerprint density at radius 3 is 2.76 bits per heavy atom. The van der Waals surface area contributed by atoms with Crippen LogP contribution in [0.1, 0.15) is 24.2 Å². The summed E-state index contributed by atoms with van der Waals surface area (Å²) >= 11 is 3.51. The zero-order chi connectivity index (χ0) is 20.8. The number of carbonyl (C=O) groups excluding carboxylic acids is 1. The summed E-state index contributed by atoms with van der Waals surface area (Å²) in [5, 5.41) is 3.02. The Labute approximate surface area is 180 Å². The molecule has 0 radical (unpaired) electrons. The van der Waals surface area contributed by atoms with Gasteiger partial charge in [-0.05, 0) is 42.3 Å². The van der Waals surface area contributed by atoms with Gasteiger partial charge in [-0.25, -0.2) is 0 Å². The van der Waals surface area contributed by atoms with Crippen molar-refractivity contribution in [3.05, 3.63) is 58.1 Å². The summed E-state index contributed by atoms with van der Waals surface area (Å²) in [5.41, 5.74) is 2.07. The number of benzene rings is 2. The van der Waals surface area contributed by atoms with Gasteiger partial charge in [0.2, 0.25) is 5.91 Å².